The molecular weight excluding hydrogens is 212 g/mol. The monoisotopic (exact) mass is 240 g/mol. The van der Waals surface area contributed by atoms with Crippen LogP contribution in [0.4, 0.5) is 0 Å². The number of carbonyl (C=O) groups excluding carboxylic acids is 1. The average molecular weight is 240 g/mol. The van der Waals surface area contributed by atoms with Crippen LogP contribution in [0.25, 0.3) is 0 Å². The van der Waals surface area contributed by atoms with Gasteiger partial charge in [0.15, 0.2) is 0 Å². The van der Waals surface area contributed by atoms with Crippen LogP contribution in [0.2, 0.25) is 0 Å². The van der Waals surface area contributed by atoms with Crippen molar-refractivity contribution in [2.75, 3.05) is 6.54 Å². The Labute approximate surface area is 106 Å². The molecule has 2 N–H and O–H groups in total. The van der Waals surface area contributed by atoms with E-state index in [1.165, 1.54) is 0 Å². The second kappa shape index (κ2) is 5.38. The van der Waals surface area contributed by atoms with Gasteiger partial charge in [0, 0.05) is 5.54 Å². The molecule has 1 rings (SSSR count). The van der Waals surface area contributed by atoms with E-state index in [4.69, 9.17) is 0 Å². The Bertz CT molecular complexity index is 271. The van der Waals surface area contributed by atoms with Crippen LogP contribution in [0.5, 0.6) is 0 Å². The normalized spacial score (nSPS) is 24.4. The fourth-order valence-corrected chi connectivity index (χ4v) is 2.75. The number of carbonyl (C=O) groups is 1. The zero-order valence-electron chi connectivity index (χ0n) is 12.0. The number of hydrogen-bond donors (Lipinski definition) is 2. The summed E-state index contributed by atoms with van der Waals surface area (Å²) in [5.74, 6) is 0.160. The molecule has 1 heterocycles. The fraction of sp³-hybridized carbons (Fsp3) is 0.929. The molecule has 0 bridgehead atoms. The SMILES string of the molecule is CCCC(C)(C)NC(=O)C1NCCCC1(C)C. The van der Waals surface area contributed by atoms with Crippen LogP contribution < -0.4 is 10.6 Å². The van der Waals surface area contributed by atoms with Crippen molar-refractivity contribution in [2.45, 2.75) is 71.9 Å². The predicted octanol–water partition coefficient (Wildman–Crippen LogP) is 2.46. The highest BCUT2D eigenvalue weighted by Crippen LogP contribution is 2.30. The van der Waals surface area contributed by atoms with Gasteiger partial charge in [-0.3, -0.25) is 4.79 Å². The van der Waals surface area contributed by atoms with Crippen LogP contribution in [-0.2, 0) is 4.79 Å². The Balaban J connectivity index is 2.63. The highest BCUT2D eigenvalue weighted by Gasteiger charge is 2.38. The van der Waals surface area contributed by atoms with Gasteiger partial charge in [-0.05, 0) is 45.1 Å². The minimum atomic E-state index is -0.0962. The van der Waals surface area contributed by atoms with Crippen molar-refractivity contribution in [2.24, 2.45) is 5.41 Å². The molecule has 0 aromatic rings. The van der Waals surface area contributed by atoms with E-state index in [1.807, 2.05) is 0 Å². The lowest BCUT2D eigenvalue weighted by atomic mass is 9.77. The number of piperidine rings is 1. The van der Waals surface area contributed by atoms with Gasteiger partial charge in [0.1, 0.15) is 0 Å². The molecule has 1 aliphatic heterocycles. The number of hydrogen-bond acceptors (Lipinski definition) is 2. The van der Waals surface area contributed by atoms with Crippen molar-refractivity contribution in [1.29, 1.82) is 0 Å². The molecule has 1 unspecified atom stereocenters. The van der Waals surface area contributed by atoms with Crippen molar-refractivity contribution in [3.05, 3.63) is 0 Å². The summed E-state index contributed by atoms with van der Waals surface area (Å²) in [6, 6.07) is -0.0487. The Morgan fingerprint density at radius 3 is 2.65 bits per heavy atom. The molecule has 3 nitrogen and oxygen atoms in total. The summed E-state index contributed by atoms with van der Waals surface area (Å²) in [5.41, 5.74) is -0.0360. The summed E-state index contributed by atoms with van der Waals surface area (Å²) in [4.78, 5) is 12.3. The molecule has 3 heteroatoms. The lowest BCUT2D eigenvalue weighted by Crippen LogP contribution is -2.59. The first-order valence-corrected chi connectivity index (χ1v) is 6.84. The largest absolute Gasteiger partial charge is 0.350 e. The molecule has 0 aromatic carbocycles. The van der Waals surface area contributed by atoms with Crippen LogP contribution in [0.15, 0.2) is 0 Å². The van der Waals surface area contributed by atoms with Gasteiger partial charge in [0.2, 0.25) is 5.91 Å². The summed E-state index contributed by atoms with van der Waals surface area (Å²) in [6.45, 7) is 11.7. The first kappa shape index (κ1) is 14.5. The molecule has 0 aromatic heterocycles. The van der Waals surface area contributed by atoms with E-state index in [0.29, 0.717) is 0 Å². The van der Waals surface area contributed by atoms with Crippen LogP contribution in [0.1, 0.15) is 60.3 Å². The van der Waals surface area contributed by atoms with Crippen molar-refractivity contribution in [3.63, 3.8) is 0 Å². The molecule has 1 atom stereocenters. The van der Waals surface area contributed by atoms with Crippen molar-refractivity contribution < 1.29 is 4.79 Å². The first-order valence-electron chi connectivity index (χ1n) is 6.84. The van der Waals surface area contributed by atoms with Gasteiger partial charge in [-0.15, -0.1) is 0 Å². The van der Waals surface area contributed by atoms with Gasteiger partial charge in [-0.1, -0.05) is 27.2 Å². The molecule has 1 fully saturated rings. The van der Waals surface area contributed by atoms with E-state index >= 15 is 0 Å². The number of nitrogens with one attached hydrogen (secondary N) is 2. The van der Waals surface area contributed by atoms with E-state index < -0.39 is 0 Å². The van der Waals surface area contributed by atoms with Crippen LogP contribution >= 0.6 is 0 Å². The second-order valence-electron chi connectivity index (χ2n) is 6.60. The van der Waals surface area contributed by atoms with E-state index in [2.05, 4.69) is 45.3 Å². The standard InChI is InChI=1S/C14H28N2O/c1-6-8-14(4,5)16-12(17)11-13(2,3)9-7-10-15-11/h11,15H,6-10H2,1-5H3,(H,16,17). The summed E-state index contributed by atoms with van der Waals surface area (Å²) in [7, 11) is 0. The summed E-state index contributed by atoms with van der Waals surface area (Å²) < 4.78 is 0. The Morgan fingerprint density at radius 1 is 1.47 bits per heavy atom. The molecule has 1 saturated heterocycles. The van der Waals surface area contributed by atoms with Crippen LogP contribution in [-0.4, -0.2) is 24.0 Å². The van der Waals surface area contributed by atoms with Gasteiger partial charge in [0.05, 0.1) is 6.04 Å². The summed E-state index contributed by atoms with van der Waals surface area (Å²) in [5, 5.41) is 6.54. The lowest BCUT2D eigenvalue weighted by Gasteiger charge is -2.40. The fourth-order valence-electron chi connectivity index (χ4n) is 2.75. The van der Waals surface area contributed by atoms with E-state index in [9.17, 15) is 4.79 Å². The molecule has 1 aliphatic rings. The van der Waals surface area contributed by atoms with Gasteiger partial charge in [0.25, 0.3) is 0 Å². The minimum absolute atomic E-state index is 0.0487. The summed E-state index contributed by atoms with van der Waals surface area (Å²) >= 11 is 0. The smallest absolute Gasteiger partial charge is 0.238 e. The maximum atomic E-state index is 12.3. The molecule has 17 heavy (non-hydrogen) atoms. The van der Waals surface area contributed by atoms with E-state index in [1.54, 1.807) is 0 Å². The van der Waals surface area contributed by atoms with Crippen molar-refractivity contribution in [1.82, 2.24) is 10.6 Å². The van der Waals surface area contributed by atoms with E-state index in [-0.39, 0.29) is 22.9 Å². The lowest BCUT2D eigenvalue weighted by molar-refractivity contribution is -0.128. The molecule has 100 valence electrons. The highest BCUT2D eigenvalue weighted by atomic mass is 16.2. The Hall–Kier alpha value is -0.570. The van der Waals surface area contributed by atoms with Crippen LogP contribution in [0.3, 0.4) is 0 Å². The van der Waals surface area contributed by atoms with Gasteiger partial charge < -0.3 is 10.6 Å². The quantitative estimate of drug-likeness (QED) is 0.792. The van der Waals surface area contributed by atoms with E-state index in [0.717, 1.165) is 32.2 Å². The zero-order chi connectivity index (χ0) is 13.1. The number of amides is 1. The van der Waals surface area contributed by atoms with Crippen molar-refractivity contribution >= 4 is 5.91 Å². The third-order valence-corrected chi connectivity index (χ3v) is 3.73. The Kier molecular flexibility index (Phi) is 4.59. The molecule has 0 aliphatic carbocycles. The average Bonchev–Trinajstić information content (AvgIpc) is 2.15. The molecule has 0 saturated carbocycles. The predicted molar refractivity (Wildman–Crippen MR) is 71.9 cm³/mol. The van der Waals surface area contributed by atoms with Crippen LogP contribution in [0, 0.1) is 5.41 Å². The maximum absolute atomic E-state index is 12.3. The minimum Gasteiger partial charge on any atom is -0.350 e. The third kappa shape index (κ3) is 3.98. The second-order valence-corrected chi connectivity index (χ2v) is 6.60. The first-order chi connectivity index (χ1) is 7.78. The van der Waals surface area contributed by atoms with Crippen molar-refractivity contribution in [3.8, 4) is 0 Å². The molecule has 0 spiro atoms. The Morgan fingerprint density at radius 2 is 2.12 bits per heavy atom. The zero-order valence-corrected chi connectivity index (χ0v) is 12.0. The topological polar surface area (TPSA) is 41.1 Å². The van der Waals surface area contributed by atoms with Gasteiger partial charge in [-0.2, -0.15) is 0 Å². The molecule has 0 radical (unpaired) electrons. The van der Waals surface area contributed by atoms with Gasteiger partial charge >= 0.3 is 0 Å². The summed E-state index contributed by atoms with van der Waals surface area (Å²) in [6.07, 6.45) is 4.39. The molecule has 1 amide bonds. The third-order valence-electron chi connectivity index (χ3n) is 3.73. The van der Waals surface area contributed by atoms with Gasteiger partial charge in [-0.25, -0.2) is 0 Å². The maximum Gasteiger partial charge on any atom is 0.238 e. The highest BCUT2D eigenvalue weighted by molar-refractivity contribution is 5.83. The molecular formula is C14H28N2O. The number of rotatable bonds is 4.